The van der Waals surface area contributed by atoms with Crippen LogP contribution in [0.25, 0.3) is 6.08 Å². The van der Waals surface area contributed by atoms with Gasteiger partial charge in [-0.1, -0.05) is 6.07 Å². The predicted octanol–water partition coefficient (Wildman–Crippen LogP) is 1.56. The molecule has 1 N–H and O–H groups in total. The first-order chi connectivity index (χ1) is 9.53. The molecule has 20 heavy (non-hydrogen) atoms. The summed E-state index contributed by atoms with van der Waals surface area (Å²) in [4.78, 5) is 13.5. The van der Waals surface area contributed by atoms with Crippen molar-refractivity contribution in [1.82, 2.24) is 4.90 Å². The van der Waals surface area contributed by atoms with Crippen molar-refractivity contribution in [3.05, 3.63) is 29.3 Å². The minimum Gasteiger partial charge on any atom is -0.493 e. The maximum atomic E-state index is 12.0. The highest BCUT2D eigenvalue weighted by Crippen LogP contribution is 2.28. The molecule has 0 radical (unpaired) electrons. The molecule has 0 aliphatic carbocycles. The van der Waals surface area contributed by atoms with Crippen molar-refractivity contribution in [2.45, 2.75) is 6.92 Å². The van der Waals surface area contributed by atoms with Crippen molar-refractivity contribution >= 4 is 12.0 Å². The minimum atomic E-state index is -0.117. The number of hydrogen-bond donors (Lipinski definition) is 1. The predicted molar refractivity (Wildman–Crippen MR) is 77.9 cm³/mol. The van der Waals surface area contributed by atoms with E-state index in [-0.39, 0.29) is 12.5 Å². The number of carbonyl (C=O) groups is 1. The molecule has 0 fully saturated rings. The van der Waals surface area contributed by atoms with Gasteiger partial charge in [0.1, 0.15) is 0 Å². The summed E-state index contributed by atoms with van der Waals surface area (Å²) in [7, 11) is 4.80. The lowest BCUT2D eigenvalue weighted by atomic mass is 10.1. The van der Waals surface area contributed by atoms with Crippen molar-refractivity contribution < 1.29 is 19.4 Å². The summed E-state index contributed by atoms with van der Waals surface area (Å²) in [6.07, 6.45) is 1.78. The zero-order valence-corrected chi connectivity index (χ0v) is 12.3. The minimum absolute atomic E-state index is 0.0497. The molecule has 1 aromatic rings. The largest absolute Gasteiger partial charge is 0.493 e. The van der Waals surface area contributed by atoms with Gasteiger partial charge in [0.25, 0.3) is 0 Å². The fourth-order valence-corrected chi connectivity index (χ4v) is 1.81. The Balaban J connectivity index is 2.95. The molecule has 0 heterocycles. The van der Waals surface area contributed by atoms with Crippen LogP contribution < -0.4 is 9.47 Å². The third-order valence-electron chi connectivity index (χ3n) is 2.91. The number of likely N-dealkylation sites (N-methyl/N-ethyl adjacent to an activating group) is 1. The molecular formula is C15H21NO4. The lowest BCUT2D eigenvalue weighted by molar-refractivity contribution is -0.126. The molecule has 5 nitrogen and oxygen atoms in total. The quantitative estimate of drug-likeness (QED) is 0.803. The first kappa shape index (κ1) is 16.0. The van der Waals surface area contributed by atoms with E-state index in [9.17, 15) is 4.79 Å². The summed E-state index contributed by atoms with van der Waals surface area (Å²) in [6.45, 7) is 2.01. The van der Waals surface area contributed by atoms with Gasteiger partial charge in [0, 0.05) is 19.2 Å². The first-order valence-electron chi connectivity index (χ1n) is 6.30. The zero-order valence-electron chi connectivity index (χ0n) is 12.3. The second kappa shape index (κ2) is 7.55. The topological polar surface area (TPSA) is 59.0 Å². The van der Waals surface area contributed by atoms with Crippen molar-refractivity contribution in [3.63, 3.8) is 0 Å². The number of methoxy groups -OCH3 is 2. The summed E-state index contributed by atoms with van der Waals surface area (Å²) in [6, 6.07) is 5.45. The van der Waals surface area contributed by atoms with Gasteiger partial charge in [0.15, 0.2) is 11.5 Å². The lowest BCUT2D eigenvalue weighted by Gasteiger charge is -2.16. The van der Waals surface area contributed by atoms with Gasteiger partial charge in [-0.2, -0.15) is 0 Å². The van der Waals surface area contributed by atoms with Crippen LogP contribution in [0.3, 0.4) is 0 Å². The molecule has 0 aliphatic heterocycles. The molecule has 0 bridgehead atoms. The third-order valence-corrected chi connectivity index (χ3v) is 2.91. The Hall–Kier alpha value is -2.01. The normalized spacial score (nSPS) is 11.2. The molecule has 0 saturated heterocycles. The van der Waals surface area contributed by atoms with Crippen LogP contribution in [0.4, 0.5) is 0 Å². The molecule has 0 unspecified atom stereocenters. The molecule has 0 saturated carbocycles. The van der Waals surface area contributed by atoms with Gasteiger partial charge in [-0.05, 0) is 30.7 Å². The van der Waals surface area contributed by atoms with Crippen LogP contribution in [0.2, 0.25) is 0 Å². The van der Waals surface area contributed by atoms with E-state index in [1.165, 1.54) is 4.90 Å². The number of amides is 1. The maximum absolute atomic E-state index is 12.0. The summed E-state index contributed by atoms with van der Waals surface area (Å²) in [5.41, 5.74) is 1.44. The first-order valence-corrected chi connectivity index (χ1v) is 6.30. The van der Waals surface area contributed by atoms with Crippen LogP contribution in [-0.4, -0.2) is 50.3 Å². The Kier molecular flexibility index (Phi) is 6.06. The molecule has 110 valence electrons. The van der Waals surface area contributed by atoms with Gasteiger partial charge in [0.05, 0.1) is 20.8 Å². The lowest BCUT2D eigenvalue weighted by Crippen LogP contribution is -2.29. The number of hydrogen-bond acceptors (Lipinski definition) is 4. The summed E-state index contributed by atoms with van der Waals surface area (Å²) in [5.74, 6) is 1.14. The Morgan fingerprint density at radius 2 is 1.95 bits per heavy atom. The van der Waals surface area contributed by atoms with E-state index in [0.29, 0.717) is 23.6 Å². The molecule has 0 spiro atoms. The van der Waals surface area contributed by atoms with Crippen molar-refractivity contribution in [2.75, 3.05) is 34.4 Å². The monoisotopic (exact) mass is 279 g/mol. The van der Waals surface area contributed by atoms with Gasteiger partial charge in [-0.3, -0.25) is 4.79 Å². The van der Waals surface area contributed by atoms with E-state index < -0.39 is 0 Å². The van der Waals surface area contributed by atoms with Gasteiger partial charge in [-0.15, -0.1) is 0 Å². The summed E-state index contributed by atoms with van der Waals surface area (Å²) < 4.78 is 10.4. The Bertz CT molecular complexity index is 497. The van der Waals surface area contributed by atoms with E-state index in [1.54, 1.807) is 40.3 Å². The van der Waals surface area contributed by atoms with Crippen LogP contribution in [0.1, 0.15) is 12.5 Å². The highest BCUT2D eigenvalue weighted by Gasteiger charge is 2.10. The number of aliphatic hydroxyl groups is 1. The molecule has 1 rings (SSSR count). The summed E-state index contributed by atoms with van der Waals surface area (Å²) >= 11 is 0. The van der Waals surface area contributed by atoms with E-state index in [4.69, 9.17) is 14.6 Å². The molecule has 0 atom stereocenters. The van der Waals surface area contributed by atoms with Crippen molar-refractivity contribution in [3.8, 4) is 11.5 Å². The fourth-order valence-electron chi connectivity index (χ4n) is 1.81. The van der Waals surface area contributed by atoms with Crippen LogP contribution in [-0.2, 0) is 4.79 Å². The highest BCUT2D eigenvalue weighted by atomic mass is 16.5. The maximum Gasteiger partial charge on any atom is 0.249 e. The molecular weight excluding hydrogens is 258 g/mol. The Morgan fingerprint density at radius 3 is 2.50 bits per heavy atom. The average Bonchev–Trinajstić information content (AvgIpc) is 2.46. The van der Waals surface area contributed by atoms with Gasteiger partial charge in [-0.25, -0.2) is 0 Å². The van der Waals surface area contributed by atoms with Crippen molar-refractivity contribution in [1.29, 1.82) is 0 Å². The number of benzene rings is 1. The van der Waals surface area contributed by atoms with Gasteiger partial charge in [0.2, 0.25) is 5.91 Å². The third kappa shape index (κ3) is 3.99. The van der Waals surface area contributed by atoms with Crippen LogP contribution in [0.5, 0.6) is 11.5 Å². The zero-order chi connectivity index (χ0) is 15.1. The average molecular weight is 279 g/mol. The second-order valence-corrected chi connectivity index (χ2v) is 4.39. The Labute approximate surface area is 119 Å². The van der Waals surface area contributed by atoms with Crippen molar-refractivity contribution in [2.24, 2.45) is 0 Å². The molecule has 5 heteroatoms. The van der Waals surface area contributed by atoms with E-state index in [0.717, 1.165) is 5.56 Å². The van der Waals surface area contributed by atoms with E-state index in [2.05, 4.69) is 0 Å². The van der Waals surface area contributed by atoms with Crippen LogP contribution >= 0.6 is 0 Å². The van der Waals surface area contributed by atoms with Gasteiger partial charge >= 0.3 is 0 Å². The highest BCUT2D eigenvalue weighted by molar-refractivity contribution is 5.97. The Morgan fingerprint density at radius 1 is 1.30 bits per heavy atom. The van der Waals surface area contributed by atoms with Gasteiger partial charge < -0.3 is 19.5 Å². The number of nitrogens with zero attached hydrogens (tertiary/aromatic N) is 1. The second-order valence-electron chi connectivity index (χ2n) is 4.39. The molecule has 1 amide bonds. The fraction of sp³-hybridized carbons (Fsp3) is 0.400. The number of rotatable bonds is 6. The SMILES string of the molecule is COc1ccc(/C=C(\C)C(=O)N(C)CCO)cc1OC. The molecule has 0 aromatic heterocycles. The number of aliphatic hydroxyl groups excluding tert-OH is 1. The smallest absolute Gasteiger partial charge is 0.249 e. The summed E-state index contributed by atoms with van der Waals surface area (Å²) in [5, 5.41) is 8.84. The molecule has 0 aliphatic rings. The van der Waals surface area contributed by atoms with Crippen LogP contribution in [0.15, 0.2) is 23.8 Å². The number of ether oxygens (including phenoxy) is 2. The standard InChI is InChI=1S/C15H21NO4/c1-11(15(18)16(2)7-8-17)9-12-5-6-13(19-3)14(10-12)20-4/h5-6,9-10,17H,7-8H2,1-4H3/b11-9+. The number of carbonyl (C=O) groups excluding carboxylic acids is 1. The molecule has 1 aromatic carbocycles. The van der Waals surface area contributed by atoms with E-state index >= 15 is 0 Å². The van der Waals surface area contributed by atoms with Crippen LogP contribution in [0, 0.1) is 0 Å². The van der Waals surface area contributed by atoms with E-state index in [1.807, 2.05) is 12.1 Å².